The van der Waals surface area contributed by atoms with Crippen LogP contribution in [0.1, 0.15) is 13.3 Å². The van der Waals surface area contributed by atoms with Gasteiger partial charge < -0.3 is 10.8 Å². The highest BCUT2D eigenvalue weighted by atomic mass is 32.2. The molecule has 0 spiro atoms. The minimum absolute atomic E-state index is 0.139. The van der Waals surface area contributed by atoms with Gasteiger partial charge in [0.1, 0.15) is 0 Å². The Morgan fingerprint density at radius 2 is 1.94 bits per heavy atom. The van der Waals surface area contributed by atoms with E-state index in [1.165, 1.54) is 16.4 Å². The molecule has 0 radical (unpaired) electrons. The monoisotopic (exact) mass is 256 g/mol. The van der Waals surface area contributed by atoms with Crippen molar-refractivity contribution >= 4 is 15.7 Å². The summed E-state index contributed by atoms with van der Waals surface area (Å²) < 4.78 is 25.7. The topological polar surface area (TPSA) is 83.6 Å². The molecule has 1 aliphatic heterocycles. The van der Waals surface area contributed by atoms with E-state index in [4.69, 9.17) is 5.73 Å². The normalized spacial score (nSPS) is 26.2. The van der Waals surface area contributed by atoms with E-state index >= 15 is 0 Å². The number of nitrogens with two attached hydrogens (primary N) is 1. The summed E-state index contributed by atoms with van der Waals surface area (Å²) in [7, 11) is -3.51. The molecule has 1 atom stereocenters. The third-order valence-electron chi connectivity index (χ3n) is 2.93. The van der Waals surface area contributed by atoms with Crippen LogP contribution in [0.25, 0.3) is 0 Å². The highest BCUT2D eigenvalue weighted by Gasteiger charge is 2.38. The van der Waals surface area contributed by atoms with Crippen molar-refractivity contribution in [2.75, 3.05) is 18.8 Å². The molecule has 0 saturated carbocycles. The Hall–Kier alpha value is -1.11. The highest BCUT2D eigenvalue weighted by molar-refractivity contribution is 7.89. The van der Waals surface area contributed by atoms with E-state index in [-0.39, 0.29) is 11.4 Å². The molecule has 1 unspecified atom stereocenters. The summed E-state index contributed by atoms with van der Waals surface area (Å²) in [4.78, 5) is 0.212. The quantitative estimate of drug-likeness (QED) is 0.751. The number of hydrogen-bond acceptors (Lipinski definition) is 4. The molecule has 5 nitrogen and oxygen atoms in total. The lowest BCUT2D eigenvalue weighted by Crippen LogP contribution is -2.33. The maximum atomic E-state index is 12.2. The molecule has 0 aromatic heterocycles. The van der Waals surface area contributed by atoms with Crippen molar-refractivity contribution in [2.45, 2.75) is 23.8 Å². The SMILES string of the molecule is CC1(O)CCN(S(=O)(=O)c2ccc(N)cc2)C1. The fourth-order valence-electron chi connectivity index (χ4n) is 1.90. The van der Waals surface area contributed by atoms with Crippen LogP contribution in [0.5, 0.6) is 0 Å². The molecular weight excluding hydrogens is 240 g/mol. The molecular formula is C11H16N2O3S. The van der Waals surface area contributed by atoms with Crippen molar-refractivity contribution in [1.82, 2.24) is 4.31 Å². The van der Waals surface area contributed by atoms with Gasteiger partial charge in [-0.2, -0.15) is 4.31 Å². The number of hydrogen-bond donors (Lipinski definition) is 2. The zero-order chi connectivity index (χ0) is 12.7. The number of benzene rings is 1. The van der Waals surface area contributed by atoms with E-state index in [1.807, 2.05) is 0 Å². The van der Waals surface area contributed by atoms with Crippen LogP contribution in [-0.2, 0) is 10.0 Å². The van der Waals surface area contributed by atoms with E-state index in [9.17, 15) is 13.5 Å². The van der Waals surface area contributed by atoms with Crippen LogP contribution in [0.4, 0.5) is 5.69 Å². The van der Waals surface area contributed by atoms with Crippen molar-refractivity contribution in [3.8, 4) is 0 Å². The molecule has 94 valence electrons. The van der Waals surface area contributed by atoms with Crippen molar-refractivity contribution < 1.29 is 13.5 Å². The van der Waals surface area contributed by atoms with Crippen LogP contribution in [0.3, 0.4) is 0 Å². The Kier molecular flexibility index (Phi) is 2.89. The van der Waals surface area contributed by atoms with Gasteiger partial charge >= 0.3 is 0 Å². The number of β-amino-alcohol motifs (C(OH)–C–C–N with tert-alkyl or cyclic N) is 1. The Balaban J connectivity index is 2.29. The van der Waals surface area contributed by atoms with Gasteiger partial charge in [0, 0.05) is 18.8 Å². The second-order valence-corrected chi connectivity index (χ2v) is 6.59. The Morgan fingerprint density at radius 1 is 1.35 bits per heavy atom. The van der Waals surface area contributed by atoms with Crippen molar-refractivity contribution in [1.29, 1.82) is 0 Å². The molecule has 17 heavy (non-hydrogen) atoms. The van der Waals surface area contributed by atoms with Crippen LogP contribution in [-0.4, -0.2) is 36.5 Å². The minimum Gasteiger partial charge on any atom is -0.399 e. The van der Waals surface area contributed by atoms with Gasteiger partial charge in [-0.1, -0.05) is 0 Å². The molecule has 0 aliphatic carbocycles. The van der Waals surface area contributed by atoms with Gasteiger partial charge in [0.05, 0.1) is 10.5 Å². The lowest BCUT2D eigenvalue weighted by Gasteiger charge is -2.18. The summed E-state index contributed by atoms with van der Waals surface area (Å²) in [6.45, 7) is 2.13. The van der Waals surface area contributed by atoms with Crippen LogP contribution in [0, 0.1) is 0 Å². The molecule has 3 N–H and O–H groups in total. The second kappa shape index (κ2) is 3.97. The first-order valence-electron chi connectivity index (χ1n) is 5.39. The third-order valence-corrected chi connectivity index (χ3v) is 4.79. The first kappa shape index (κ1) is 12.3. The molecule has 0 amide bonds. The highest BCUT2D eigenvalue weighted by Crippen LogP contribution is 2.26. The largest absolute Gasteiger partial charge is 0.399 e. The number of nitrogens with zero attached hydrogens (tertiary/aromatic N) is 1. The van der Waals surface area contributed by atoms with Crippen molar-refractivity contribution in [3.05, 3.63) is 24.3 Å². The molecule has 1 heterocycles. The maximum Gasteiger partial charge on any atom is 0.243 e. The predicted octanol–water partition coefficient (Wildman–Crippen LogP) is 0.414. The van der Waals surface area contributed by atoms with Gasteiger partial charge in [-0.15, -0.1) is 0 Å². The summed E-state index contributed by atoms with van der Waals surface area (Å²) in [5, 5.41) is 9.79. The smallest absolute Gasteiger partial charge is 0.243 e. The van der Waals surface area contributed by atoms with Gasteiger partial charge in [-0.3, -0.25) is 0 Å². The Morgan fingerprint density at radius 3 is 2.41 bits per heavy atom. The molecule has 1 saturated heterocycles. The van der Waals surface area contributed by atoms with Crippen LogP contribution in [0.15, 0.2) is 29.2 Å². The summed E-state index contributed by atoms with van der Waals surface area (Å²) in [6.07, 6.45) is 0.460. The predicted molar refractivity (Wildman–Crippen MR) is 64.9 cm³/mol. The van der Waals surface area contributed by atoms with E-state index in [0.717, 1.165) is 0 Å². The molecule has 2 rings (SSSR count). The maximum absolute atomic E-state index is 12.2. The van der Waals surface area contributed by atoms with Crippen LogP contribution >= 0.6 is 0 Å². The average Bonchev–Trinajstić information content (AvgIpc) is 2.60. The van der Waals surface area contributed by atoms with Gasteiger partial charge in [-0.25, -0.2) is 8.42 Å². The first-order chi connectivity index (χ1) is 7.81. The zero-order valence-electron chi connectivity index (χ0n) is 9.63. The molecule has 1 fully saturated rings. The summed E-state index contributed by atoms with van der Waals surface area (Å²) in [5.41, 5.74) is 5.11. The van der Waals surface area contributed by atoms with Gasteiger partial charge in [-0.05, 0) is 37.6 Å². The van der Waals surface area contributed by atoms with E-state index < -0.39 is 15.6 Å². The first-order valence-corrected chi connectivity index (χ1v) is 6.83. The average molecular weight is 256 g/mol. The van der Waals surface area contributed by atoms with E-state index in [0.29, 0.717) is 18.7 Å². The van der Waals surface area contributed by atoms with Gasteiger partial charge in [0.2, 0.25) is 10.0 Å². The van der Waals surface area contributed by atoms with E-state index in [2.05, 4.69) is 0 Å². The summed E-state index contributed by atoms with van der Waals surface area (Å²) in [5.74, 6) is 0. The number of sulfonamides is 1. The zero-order valence-corrected chi connectivity index (χ0v) is 10.4. The van der Waals surface area contributed by atoms with Crippen molar-refractivity contribution in [2.24, 2.45) is 0 Å². The Bertz CT molecular complexity index is 508. The number of nitrogen functional groups attached to an aromatic ring is 1. The van der Waals surface area contributed by atoms with Crippen LogP contribution < -0.4 is 5.73 Å². The standard InChI is InChI=1S/C11H16N2O3S/c1-11(14)6-7-13(8-11)17(15,16)10-4-2-9(12)3-5-10/h2-5,14H,6-8,12H2,1H3. The molecule has 1 aromatic carbocycles. The second-order valence-electron chi connectivity index (χ2n) is 4.65. The van der Waals surface area contributed by atoms with Gasteiger partial charge in [0.15, 0.2) is 0 Å². The third kappa shape index (κ3) is 2.43. The minimum atomic E-state index is -3.51. The number of anilines is 1. The van der Waals surface area contributed by atoms with Crippen LogP contribution in [0.2, 0.25) is 0 Å². The fourth-order valence-corrected chi connectivity index (χ4v) is 3.46. The van der Waals surface area contributed by atoms with Gasteiger partial charge in [0.25, 0.3) is 0 Å². The molecule has 1 aliphatic rings. The fraction of sp³-hybridized carbons (Fsp3) is 0.455. The number of rotatable bonds is 2. The molecule has 0 bridgehead atoms. The lowest BCUT2D eigenvalue weighted by atomic mass is 10.1. The summed E-state index contributed by atoms with van der Waals surface area (Å²) >= 11 is 0. The van der Waals surface area contributed by atoms with Crippen molar-refractivity contribution in [3.63, 3.8) is 0 Å². The summed E-state index contributed by atoms with van der Waals surface area (Å²) in [6, 6.07) is 6.08. The molecule has 1 aromatic rings. The lowest BCUT2D eigenvalue weighted by molar-refractivity contribution is 0.0762. The van der Waals surface area contributed by atoms with E-state index in [1.54, 1.807) is 19.1 Å². The molecule has 6 heteroatoms. The Labute approximate surface area is 101 Å². The number of aliphatic hydroxyl groups is 1.